The lowest BCUT2D eigenvalue weighted by atomic mass is 10.1. The molecule has 1 aromatic heterocycles. The van der Waals surface area contributed by atoms with E-state index in [9.17, 15) is 9.59 Å². The van der Waals surface area contributed by atoms with Gasteiger partial charge < -0.3 is 14.6 Å². The molecule has 1 aromatic rings. The Morgan fingerprint density at radius 2 is 2.28 bits per heavy atom. The molecule has 5 nitrogen and oxygen atoms in total. The first kappa shape index (κ1) is 11.5. The number of morpholine rings is 1. The van der Waals surface area contributed by atoms with Crippen LogP contribution in [-0.4, -0.2) is 41.1 Å². The van der Waals surface area contributed by atoms with Gasteiger partial charge in [0.05, 0.1) is 24.3 Å². The first-order valence-corrected chi connectivity index (χ1v) is 6.37. The van der Waals surface area contributed by atoms with Gasteiger partial charge in [-0.1, -0.05) is 0 Å². The number of rotatable bonds is 1. The molecule has 2 atom stereocenters. The van der Waals surface area contributed by atoms with Gasteiger partial charge in [0.2, 0.25) is 5.56 Å². The van der Waals surface area contributed by atoms with Crippen molar-refractivity contribution in [3.05, 3.63) is 34.2 Å². The van der Waals surface area contributed by atoms with Gasteiger partial charge in [0.25, 0.3) is 5.91 Å². The number of ether oxygens (including phenoxy) is 1. The van der Waals surface area contributed by atoms with Crippen molar-refractivity contribution in [3.8, 4) is 0 Å². The number of aromatic nitrogens is 1. The smallest absolute Gasteiger partial charge is 0.255 e. The van der Waals surface area contributed by atoms with Crippen LogP contribution in [0, 0.1) is 0 Å². The molecule has 1 saturated heterocycles. The fourth-order valence-corrected chi connectivity index (χ4v) is 2.89. The van der Waals surface area contributed by atoms with Gasteiger partial charge in [0.15, 0.2) is 0 Å². The molecule has 2 unspecified atom stereocenters. The molecule has 2 fully saturated rings. The van der Waals surface area contributed by atoms with Crippen molar-refractivity contribution in [2.24, 2.45) is 0 Å². The van der Waals surface area contributed by atoms with Crippen LogP contribution in [0.2, 0.25) is 0 Å². The van der Waals surface area contributed by atoms with E-state index in [1.807, 2.05) is 4.90 Å². The van der Waals surface area contributed by atoms with Crippen LogP contribution in [0.25, 0.3) is 0 Å². The minimum Gasteiger partial charge on any atom is -0.374 e. The summed E-state index contributed by atoms with van der Waals surface area (Å²) in [4.78, 5) is 27.8. The minimum atomic E-state index is -0.188. The third-order valence-electron chi connectivity index (χ3n) is 3.77. The second-order valence-electron chi connectivity index (χ2n) is 4.85. The molecule has 2 heterocycles. The fraction of sp³-hybridized carbons (Fsp3) is 0.538. The third kappa shape index (κ3) is 1.95. The van der Waals surface area contributed by atoms with Crippen LogP contribution in [0.15, 0.2) is 23.1 Å². The molecular formula is C13H16N2O3. The molecule has 1 amide bonds. The lowest BCUT2D eigenvalue weighted by Gasteiger charge is -2.37. The molecule has 1 saturated carbocycles. The first-order chi connectivity index (χ1) is 8.75. The second kappa shape index (κ2) is 4.57. The van der Waals surface area contributed by atoms with Crippen molar-refractivity contribution in [3.63, 3.8) is 0 Å². The van der Waals surface area contributed by atoms with E-state index >= 15 is 0 Å². The average Bonchev–Trinajstić information content (AvgIpc) is 2.87. The van der Waals surface area contributed by atoms with E-state index in [4.69, 9.17) is 4.74 Å². The highest BCUT2D eigenvalue weighted by Crippen LogP contribution is 2.30. The van der Waals surface area contributed by atoms with Gasteiger partial charge in [0, 0.05) is 18.8 Å². The van der Waals surface area contributed by atoms with Crippen LogP contribution < -0.4 is 5.56 Å². The zero-order valence-corrected chi connectivity index (χ0v) is 10.1. The highest BCUT2D eigenvalue weighted by Gasteiger charge is 2.38. The summed E-state index contributed by atoms with van der Waals surface area (Å²) in [6.45, 7) is 1.25. The molecule has 0 radical (unpaired) electrons. The summed E-state index contributed by atoms with van der Waals surface area (Å²) in [5.41, 5.74) is 0.356. The van der Waals surface area contributed by atoms with Gasteiger partial charge in [-0.2, -0.15) is 0 Å². The molecule has 0 bridgehead atoms. The number of fused-ring (bicyclic) bond motifs is 1. The summed E-state index contributed by atoms with van der Waals surface area (Å²) in [5, 5.41) is 0. The second-order valence-corrected chi connectivity index (χ2v) is 4.85. The number of amides is 1. The van der Waals surface area contributed by atoms with E-state index in [-0.39, 0.29) is 23.6 Å². The van der Waals surface area contributed by atoms with E-state index in [1.54, 1.807) is 6.07 Å². The zero-order valence-electron chi connectivity index (χ0n) is 10.1. The number of nitrogens with zero attached hydrogens (tertiary/aromatic N) is 1. The number of nitrogens with one attached hydrogen (secondary N) is 1. The quantitative estimate of drug-likeness (QED) is 0.798. The lowest BCUT2D eigenvalue weighted by Crippen LogP contribution is -2.51. The molecular weight excluding hydrogens is 232 g/mol. The highest BCUT2D eigenvalue weighted by molar-refractivity contribution is 5.94. The molecule has 5 heteroatoms. The number of carbonyl (C=O) groups excluding carboxylic acids is 1. The van der Waals surface area contributed by atoms with E-state index in [1.165, 1.54) is 12.3 Å². The Kier molecular flexibility index (Phi) is 2.91. The van der Waals surface area contributed by atoms with E-state index in [2.05, 4.69) is 4.98 Å². The number of hydrogen-bond donors (Lipinski definition) is 1. The molecule has 96 valence electrons. The molecule has 0 aromatic carbocycles. The van der Waals surface area contributed by atoms with Crippen molar-refractivity contribution in [1.29, 1.82) is 0 Å². The molecule has 3 rings (SSSR count). The van der Waals surface area contributed by atoms with Gasteiger partial charge >= 0.3 is 0 Å². The Balaban J connectivity index is 1.83. The van der Waals surface area contributed by atoms with Crippen LogP contribution in [0.3, 0.4) is 0 Å². The predicted molar refractivity (Wildman–Crippen MR) is 65.5 cm³/mol. The van der Waals surface area contributed by atoms with Crippen LogP contribution >= 0.6 is 0 Å². The first-order valence-electron chi connectivity index (χ1n) is 6.37. The zero-order chi connectivity index (χ0) is 12.5. The molecule has 18 heavy (non-hydrogen) atoms. The summed E-state index contributed by atoms with van der Waals surface area (Å²) in [6, 6.07) is 3.18. The SMILES string of the molecule is O=C(c1ccc(=O)[nH]c1)N1CCOC2CCCC21. The predicted octanol–water partition coefficient (Wildman–Crippen LogP) is 0.768. The summed E-state index contributed by atoms with van der Waals surface area (Å²) in [6.07, 6.45) is 4.86. The monoisotopic (exact) mass is 248 g/mol. The minimum absolute atomic E-state index is 0.00792. The highest BCUT2D eigenvalue weighted by atomic mass is 16.5. The molecule has 1 aliphatic carbocycles. The fourth-order valence-electron chi connectivity index (χ4n) is 2.89. The van der Waals surface area contributed by atoms with Crippen molar-refractivity contribution in [2.45, 2.75) is 31.4 Å². The standard InChI is InChI=1S/C13H16N2O3/c16-12-5-4-9(8-14-12)13(17)15-6-7-18-11-3-1-2-10(11)15/h4-5,8,10-11H,1-3,6-7H2,(H,14,16). The van der Waals surface area contributed by atoms with Crippen molar-refractivity contribution < 1.29 is 9.53 Å². The number of carbonyl (C=O) groups is 1. The van der Waals surface area contributed by atoms with Gasteiger partial charge in [-0.15, -0.1) is 0 Å². The Labute approximate surface area is 105 Å². The van der Waals surface area contributed by atoms with Crippen LogP contribution in [-0.2, 0) is 4.74 Å². The van der Waals surface area contributed by atoms with Gasteiger partial charge in [-0.3, -0.25) is 9.59 Å². The Morgan fingerprint density at radius 1 is 1.39 bits per heavy atom. The van der Waals surface area contributed by atoms with E-state index in [0.29, 0.717) is 18.7 Å². The molecule has 1 N–H and O–H groups in total. The average molecular weight is 248 g/mol. The van der Waals surface area contributed by atoms with Crippen molar-refractivity contribution in [2.75, 3.05) is 13.2 Å². The Morgan fingerprint density at radius 3 is 3.06 bits per heavy atom. The van der Waals surface area contributed by atoms with Crippen LogP contribution in [0.4, 0.5) is 0 Å². The van der Waals surface area contributed by atoms with E-state index < -0.39 is 0 Å². The number of aromatic amines is 1. The topological polar surface area (TPSA) is 62.4 Å². The van der Waals surface area contributed by atoms with E-state index in [0.717, 1.165) is 19.3 Å². The van der Waals surface area contributed by atoms with Gasteiger partial charge in [-0.25, -0.2) is 0 Å². The summed E-state index contributed by atoms with van der Waals surface area (Å²) >= 11 is 0. The summed E-state index contributed by atoms with van der Waals surface area (Å²) in [5.74, 6) is -0.00792. The Hall–Kier alpha value is -1.62. The normalized spacial score (nSPS) is 27.0. The van der Waals surface area contributed by atoms with Gasteiger partial charge in [-0.05, 0) is 25.3 Å². The summed E-state index contributed by atoms with van der Waals surface area (Å²) in [7, 11) is 0. The maximum atomic E-state index is 12.4. The van der Waals surface area contributed by atoms with Crippen LogP contribution in [0.1, 0.15) is 29.6 Å². The number of H-pyrrole nitrogens is 1. The Bertz CT molecular complexity index is 491. The third-order valence-corrected chi connectivity index (χ3v) is 3.77. The molecule has 1 aliphatic heterocycles. The maximum absolute atomic E-state index is 12.4. The van der Waals surface area contributed by atoms with Crippen LogP contribution in [0.5, 0.6) is 0 Å². The van der Waals surface area contributed by atoms with Crippen molar-refractivity contribution in [1.82, 2.24) is 9.88 Å². The summed E-state index contributed by atoms with van der Waals surface area (Å²) < 4.78 is 5.69. The number of pyridine rings is 1. The number of hydrogen-bond acceptors (Lipinski definition) is 3. The molecule has 2 aliphatic rings. The largest absolute Gasteiger partial charge is 0.374 e. The lowest BCUT2D eigenvalue weighted by molar-refractivity contribution is -0.0445. The van der Waals surface area contributed by atoms with Gasteiger partial charge in [0.1, 0.15) is 0 Å². The maximum Gasteiger partial charge on any atom is 0.255 e. The van der Waals surface area contributed by atoms with Crippen molar-refractivity contribution >= 4 is 5.91 Å². The molecule has 0 spiro atoms.